The van der Waals surface area contributed by atoms with Crippen LogP contribution in [-0.2, 0) is 6.54 Å². The number of hydrogen-bond acceptors (Lipinski definition) is 3. The molecule has 0 bridgehead atoms. The first kappa shape index (κ1) is 13.9. The van der Waals surface area contributed by atoms with Crippen LogP contribution in [0.15, 0.2) is 11.0 Å². The van der Waals surface area contributed by atoms with Crippen LogP contribution in [0.5, 0.6) is 0 Å². The molecule has 2 N–H and O–H groups in total. The smallest absolute Gasteiger partial charge is 0.0431 e. The van der Waals surface area contributed by atoms with E-state index in [-0.39, 0.29) is 0 Å². The lowest BCUT2D eigenvalue weighted by atomic mass is 9.91. The van der Waals surface area contributed by atoms with Crippen LogP contribution in [0.4, 0.5) is 0 Å². The quantitative estimate of drug-likeness (QED) is 0.902. The van der Waals surface area contributed by atoms with Gasteiger partial charge >= 0.3 is 0 Å². The first-order valence-electron chi connectivity index (χ1n) is 6.94. The number of nitrogens with two attached hydrogens (primary N) is 1. The predicted octanol–water partition coefficient (Wildman–Crippen LogP) is 3.83. The second kappa shape index (κ2) is 6.07. The first-order chi connectivity index (χ1) is 8.60. The number of aromatic nitrogens is 1. The second-order valence-electron chi connectivity index (χ2n) is 5.54. The molecule has 0 aliphatic heterocycles. The van der Waals surface area contributed by atoms with Gasteiger partial charge in [0, 0.05) is 33.6 Å². The summed E-state index contributed by atoms with van der Waals surface area (Å²) in [4.78, 5) is 5.88. The molecule has 2 atom stereocenters. The highest BCUT2D eigenvalue weighted by Gasteiger charge is 2.21. The lowest BCUT2D eigenvalue weighted by molar-refractivity contribution is 0.394. The van der Waals surface area contributed by atoms with Gasteiger partial charge in [-0.1, -0.05) is 19.8 Å². The van der Waals surface area contributed by atoms with Gasteiger partial charge in [-0.3, -0.25) is 4.98 Å². The molecule has 2 unspecified atom stereocenters. The van der Waals surface area contributed by atoms with Crippen molar-refractivity contribution in [3.8, 4) is 0 Å². The number of thioether (sulfide) groups is 1. The Balaban J connectivity index is 2.17. The normalized spacial score (nSPS) is 24.2. The molecule has 3 heteroatoms. The minimum absolute atomic E-state index is 0.601. The van der Waals surface area contributed by atoms with E-state index in [1.165, 1.54) is 36.1 Å². The minimum Gasteiger partial charge on any atom is -0.326 e. The van der Waals surface area contributed by atoms with Crippen molar-refractivity contribution in [1.82, 2.24) is 4.98 Å². The van der Waals surface area contributed by atoms with Crippen LogP contribution in [0.2, 0.25) is 0 Å². The zero-order valence-corrected chi connectivity index (χ0v) is 12.5. The zero-order valence-electron chi connectivity index (χ0n) is 11.7. The van der Waals surface area contributed by atoms with Crippen molar-refractivity contribution in [2.75, 3.05) is 0 Å². The molecular weight excluding hydrogens is 240 g/mol. The molecule has 0 amide bonds. The van der Waals surface area contributed by atoms with Crippen molar-refractivity contribution in [1.29, 1.82) is 0 Å². The van der Waals surface area contributed by atoms with E-state index in [9.17, 15) is 0 Å². The third kappa shape index (κ3) is 3.27. The predicted molar refractivity (Wildman–Crippen MR) is 78.9 cm³/mol. The molecule has 1 aliphatic rings. The Morgan fingerprint density at radius 1 is 1.39 bits per heavy atom. The Morgan fingerprint density at radius 2 is 2.17 bits per heavy atom. The standard InChI is InChI=1S/C15H24N2S/c1-10-5-4-6-13(7-10)18-15-8-11(2)17-12(3)14(15)9-16/h8,10,13H,4-7,9,16H2,1-3H3. The van der Waals surface area contributed by atoms with Crippen molar-refractivity contribution >= 4 is 11.8 Å². The lowest BCUT2D eigenvalue weighted by Gasteiger charge is -2.27. The van der Waals surface area contributed by atoms with Crippen LogP contribution < -0.4 is 5.73 Å². The van der Waals surface area contributed by atoms with Gasteiger partial charge in [0.1, 0.15) is 0 Å². The molecule has 1 aliphatic carbocycles. The summed E-state index contributed by atoms with van der Waals surface area (Å²) in [6.45, 7) is 7.12. The van der Waals surface area contributed by atoms with E-state index in [2.05, 4.69) is 31.8 Å². The molecule has 0 radical (unpaired) electrons. The highest BCUT2D eigenvalue weighted by Crippen LogP contribution is 2.38. The van der Waals surface area contributed by atoms with Crippen LogP contribution in [0.25, 0.3) is 0 Å². The molecule has 0 aromatic carbocycles. The first-order valence-corrected chi connectivity index (χ1v) is 7.82. The Bertz CT molecular complexity index is 417. The van der Waals surface area contributed by atoms with Gasteiger partial charge < -0.3 is 5.73 Å². The van der Waals surface area contributed by atoms with Crippen LogP contribution in [0.3, 0.4) is 0 Å². The SMILES string of the molecule is Cc1cc(SC2CCCC(C)C2)c(CN)c(C)n1. The van der Waals surface area contributed by atoms with Crippen LogP contribution in [0, 0.1) is 19.8 Å². The number of aryl methyl sites for hydroxylation is 2. The second-order valence-corrected chi connectivity index (χ2v) is 6.88. The molecule has 1 heterocycles. The fraction of sp³-hybridized carbons (Fsp3) is 0.667. The van der Waals surface area contributed by atoms with Gasteiger partial charge in [-0.15, -0.1) is 11.8 Å². The van der Waals surface area contributed by atoms with Crippen LogP contribution >= 0.6 is 11.8 Å². The molecule has 18 heavy (non-hydrogen) atoms. The van der Waals surface area contributed by atoms with E-state index in [0.29, 0.717) is 6.54 Å². The average molecular weight is 264 g/mol. The molecule has 2 rings (SSSR count). The summed E-state index contributed by atoms with van der Waals surface area (Å²) in [6.07, 6.45) is 5.46. The van der Waals surface area contributed by atoms with Crippen molar-refractivity contribution in [3.63, 3.8) is 0 Å². The van der Waals surface area contributed by atoms with Crippen molar-refractivity contribution in [2.24, 2.45) is 11.7 Å². The topological polar surface area (TPSA) is 38.9 Å². The summed E-state index contributed by atoms with van der Waals surface area (Å²) in [5.41, 5.74) is 9.33. The summed E-state index contributed by atoms with van der Waals surface area (Å²) >= 11 is 2.03. The monoisotopic (exact) mass is 264 g/mol. The average Bonchev–Trinajstić information content (AvgIpc) is 2.28. The maximum Gasteiger partial charge on any atom is 0.0431 e. The summed E-state index contributed by atoms with van der Waals surface area (Å²) in [5.74, 6) is 0.876. The van der Waals surface area contributed by atoms with Gasteiger partial charge in [0.05, 0.1) is 0 Å². The van der Waals surface area contributed by atoms with E-state index in [1.807, 2.05) is 11.8 Å². The van der Waals surface area contributed by atoms with Gasteiger partial charge in [0.2, 0.25) is 0 Å². The molecule has 1 saturated carbocycles. The van der Waals surface area contributed by atoms with Gasteiger partial charge in [0.25, 0.3) is 0 Å². The Morgan fingerprint density at radius 3 is 2.83 bits per heavy atom. The Kier molecular flexibility index (Phi) is 4.68. The van der Waals surface area contributed by atoms with Crippen molar-refractivity contribution < 1.29 is 0 Å². The van der Waals surface area contributed by atoms with Gasteiger partial charge in [-0.2, -0.15) is 0 Å². The summed E-state index contributed by atoms with van der Waals surface area (Å²) < 4.78 is 0. The van der Waals surface area contributed by atoms with E-state index in [1.54, 1.807) is 0 Å². The van der Waals surface area contributed by atoms with E-state index in [4.69, 9.17) is 5.73 Å². The lowest BCUT2D eigenvalue weighted by Crippen LogP contribution is -2.15. The third-order valence-electron chi connectivity index (χ3n) is 3.80. The summed E-state index contributed by atoms with van der Waals surface area (Å²) in [7, 11) is 0. The zero-order chi connectivity index (χ0) is 13.1. The van der Waals surface area contributed by atoms with Gasteiger partial charge in [-0.25, -0.2) is 0 Å². The fourth-order valence-electron chi connectivity index (χ4n) is 2.84. The largest absolute Gasteiger partial charge is 0.326 e. The minimum atomic E-state index is 0.601. The molecule has 0 saturated heterocycles. The molecule has 1 fully saturated rings. The van der Waals surface area contributed by atoms with E-state index < -0.39 is 0 Å². The number of rotatable bonds is 3. The van der Waals surface area contributed by atoms with E-state index in [0.717, 1.165) is 22.6 Å². The van der Waals surface area contributed by atoms with Crippen LogP contribution in [0.1, 0.15) is 49.6 Å². The molecule has 1 aromatic rings. The van der Waals surface area contributed by atoms with Gasteiger partial charge in [-0.05, 0) is 38.7 Å². The molecule has 1 aromatic heterocycles. The number of hydrogen-bond donors (Lipinski definition) is 1. The number of nitrogens with zero attached hydrogens (tertiary/aromatic N) is 1. The van der Waals surface area contributed by atoms with Crippen LogP contribution in [-0.4, -0.2) is 10.2 Å². The fourth-order valence-corrected chi connectivity index (χ4v) is 4.52. The molecular formula is C15H24N2S. The number of pyridine rings is 1. The maximum absolute atomic E-state index is 5.88. The Labute approximate surface area is 115 Å². The highest BCUT2D eigenvalue weighted by molar-refractivity contribution is 8.00. The van der Waals surface area contributed by atoms with Crippen molar-refractivity contribution in [2.45, 2.75) is 63.1 Å². The van der Waals surface area contributed by atoms with Gasteiger partial charge in [0.15, 0.2) is 0 Å². The molecule has 2 nitrogen and oxygen atoms in total. The summed E-state index contributed by atoms with van der Waals surface area (Å²) in [6, 6.07) is 2.21. The third-order valence-corrected chi connectivity index (χ3v) is 5.18. The molecule has 100 valence electrons. The highest BCUT2D eigenvalue weighted by atomic mass is 32.2. The van der Waals surface area contributed by atoms with Crippen molar-refractivity contribution in [3.05, 3.63) is 23.0 Å². The Hall–Kier alpha value is -0.540. The summed E-state index contributed by atoms with van der Waals surface area (Å²) in [5, 5.41) is 0.764. The molecule has 0 spiro atoms. The maximum atomic E-state index is 5.88. The van der Waals surface area contributed by atoms with E-state index >= 15 is 0 Å².